The highest BCUT2D eigenvalue weighted by atomic mass is 19.1. The third-order valence-corrected chi connectivity index (χ3v) is 4.27. The van der Waals surface area contributed by atoms with Gasteiger partial charge in [-0.2, -0.15) is 5.26 Å². The van der Waals surface area contributed by atoms with E-state index in [4.69, 9.17) is 14.6 Å². The molecule has 0 atom stereocenters. The number of nitriles is 1. The predicted octanol–water partition coefficient (Wildman–Crippen LogP) is 3.89. The predicted molar refractivity (Wildman–Crippen MR) is 80.9 cm³/mol. The van der Waals surface area contributed by atoms with Crippen LogP contribution in [0.4, 0.5) is 4.39 Å². The van der Waals surface area contributed by atoms with Gasteiger partial charge in [-0.3, -0.25) is 0 Å². The minimum Gasteiger partial charge on any atom is -0.398 e. The second-order valence-corrected chi connectivity index (χ2v) is 6.25. The number of nitrogens with zero attached hydrogens (tertiary/aromatic N) is 1. The van der Waals surface area contributed by atoms with Gasteiger partial charge in [-0.25, -0.2) is 4.39 Å². The molecule has 0 unspecified atom stereocenters. The van der Waals surface area contributed by atoms with Crippen LogP contribution in [0.25, 0.3) is 5.57 Å². The van der Waals surface area contributed by atoms with E-state index < -0.39 is 24.0 Å². The Bertz CT molecular complexity index is 598. The van der Waals surface area contributed by atoms with Crippen molar-refractivity contribution in [2.75, 3.05) is 0 Å². The molecular formula is C16H19BFNO2. The lowest BCUT2D eigenvalue weighted by molar-refractivity contribution is 0.00578. The van der Waals surface area contributed by atoms with Crippen LogP contribution in [0.2, 0.25) is 0 Å². The summed E-state index contributed by atoms with van der Waals surface area (Å²) in [6.45, 7) is 9.23. The minimum atomic E-state index is -0.995. The van der Waals surface area contributed by atoms with Gasteiger partial charge < -0.3 is 9.31 Å². The molecule has 3 nitrogen and oxygen atoms in total. The largest absolute Gasteiger partial charge is 0.525 e. The molecule has 1 heterocycles. The molecular weight excluding hydrogens is 268 g/mol. The molecule has 0 N–H and O–H groups in total. The maximum Gasteiger partial charge on any atom is 0.525 e. The second kappa shape index (κ2) is 5.29. The van der Waals surface area contributed by atoms with E-state index in [2.05, 4.69) is 0 Å². The van der Waals surface area contributed by atoms with Crippen LogP contribution in [0, 0.1) is 11.3 Å². The third kappa shape index (κ3) is 2.87. The summed E-state index contributed by atoms with van der Waals surface area (Å²) in [4.78, 5) is 0. The zero-order chi connectivity index (χ0) is 15.8. The summed E-state index contributed by atoms with van der Waals surface area (Å²) >= 11 is 0. The fraction of sp³-hybridized carbons (Fsp3) is 0.438. The molecule has 0 radical (unpaired) electrons. The Balaban J connectivity index is 2.29. The van der Waals surface area contributed by atoms with Crippen LogP contribution in [0.1, 0.15) is 45.7 Å². The molecule has 1 aromatic rings. The van der Waals surface area contributed by atoms with Gasteiger partial charge in [0.1, 0.15) is 5.73 Å². The van der Waals surface area contributed by atoms with Crippen molar-refractivity contribution in [2.24, 2.45) is 0 Å². The van der Waals surface area contributed by atoms with Crippen molar-refractivity contribution >= 4 is 12.7 Å². The van der Waals surface area contributed by atoms with Gasteiger partial charge in [-0.05, 0) is 57.9 Å². The summed E-state index contributed by atoms with van der Waals surface area (Å²) in [5, 5.41) is 8.79. The number of hydrogen-bond acceptors (Lipinski definition) is 3. The highest BCUT2D eigenvalue weighted by Gasteiger charge is 2.53. The van der Waals surface area contributed by atoms with Crippen molar-refractivity contribution in [3.8, 4) is 6.07 Å². The molecule has 2 rings (SSSR count). The van der Waals surface area contributed by atoms with Crippen molar-refractivity contribution in [3.05, 3.63) is 41.1 Å². The van der Waals surface area contributed by atoms with E-state index in [-0.39, 0.29) is 0 Å². The standard InChI is InChI=1S/C16H19BFNO2/c1-11(13-8-6-12(10-19)7-9-13)14(18)17-20-15(2,3)16(4,5)21-17/h6-9H,1-5H3. The monoisotopic (exact) mass is 287 g/mol. The Morgan fingerprint density at radius 2 is 1.57 bits per heavy atom. The SMILES string of the molecule is CC(=C(F)B1OC(C)(C)C(C)(C)O1)c1ccc(C#N)cc1. The molecule has 1 aliphatic heterocycles. The first-order valence-corrected chi connectivity index (χ1v) is 6.90. The van der Waals surface area contributed by atoms with Crippen LogP contribution in [0.3, 0.4) is 0 Å². The van der Waals surface area contributed by atoms with Crippen molar-refractivity contribution in [2.45, 2.75) is 45.8 Å². The molecule has 0 aromatic heterocycles. The smallest absolute Gasteiger partial charge is 0.398 e. The first-order valence-electron chi connectivity index (χ1n) is 6.90. The maximum atomic E-state index is 14.6. The summed E-state index contributed by atoms with van der Waals surface area (Å²) in [5.41, 5.74) is 0.139. The maximum absolute atomic E-state index is 14.6. The molecule has 0 aliphatic carbocycles. The van der Waals surface area contributed by atoms with Gasteiger partial charge in [0, 0.05) is 0 Å². The zero-order valence-electron chi connectivity index (χ0n) is 13.0. The summed E-state index contributed by atoms with van der Waals surface area (Å²) in [6, 6.07) is 8.81. The molecule has 1 saturated heterocycles. The molecule has 1 aromatic carbocycles. The van der Waals surface area contributed by atoms with Crippen LogP contribution in [0.5, 0.6) is 0 Å². The van der Waals surface area contributed by atoms with E-state index in [0.29, 0.717) is 16.7 Å². The van der Waals surface area contributed by atoms with E-state index in [9.17, 15) is 4.39 Å². The van der Waals surface area contributed by atoms with Crippen molar-refractivity contribution in [1.29, 1.82) is 5.26 Å². The van der Waals surface area contributed by atoms with Gasteiger partial charge in [0.05, 0.1) is 22.8 Å². The van der Waals surface area contributed by atoms with E-state index in [1.54, 1.807) is 31.2 Å². The number of rotatable bonds is 2. The topological polar surface area (TPSA) is 42.2 Å². The molecule has 110 valence electrons. The Hall–Kier alpha value is -1.64. The van der Waals surface area contributed by atoms with Gasteiger partial charge in [0.2, 0.25) is 0 Å². The molecule has 0 spiro atoms. The fourth-order valence-corrected chi connectivity index (χ4v) is 2.06. The lowest BCUT2D eigenvalue weighted by Crippen LogP contribution is -2.41. The summed E-state index contributed by atoms with van der Waals surface area (Å²) < 4.78 is 26.0. The molecule has 21 heavy (non-hydrogen) atoms. The molecule has 5 heteroatoms. The van der Waals surface area contributed by atoms with E-state index in [1.165, 1.54) is 0 Å². The molecule has 1 fully saturated rings. The number of halogens is 1. The van der Waals surface area contributed by atoms with Crippen molar-refractivity contribution in [3.63, 3.8) is 0 Å². The molecule has 0 amide bonds. The fourth-order valence-electron chi connectivity index (χ4n) is 2.06. The Morgan fingerprint density at radius 3 is 2.00 bits per heavy atom. The van der Waals surface area contributed by atoms with E-state index in [1.807, 2.05) is 33.8 Å². The number of allylic oxidation sites excluding steroid dienone is 1. The van der Waals surface area contributed by atoms with E-state index >= 15 is 0 Å². The first-order chi connectivity index (χ1) is 9.68. The lowest BCUT2D eigenvalue weighted by Gasteiger charge is -2.32. The molecule has 0 saturated carbocycles. The summed E-state index contributed by atoms with van der Waals surface area (Å²) in [5.74, 6) is 0. The van der Waals surface area contributed by atoms with Crippen LogP contribution < -0.4 is 0 Å². The summed E-state index contributed by atoms with van der Waals surface area (Å²) in [6.07, 6.45) is 0. The highest BCUT2D eigenvalue weighted by Crippen LogP contribution is 2.40. The van der Waals surface area contributed by atoms with Gasteiger partial charge >= 0.3 is 7.12 Å². The number of benzene rings is 1. The Morgan fingerprint density at radius 1 is 1.10 bits per heavy atom. The quantitative estimate of drug-likeness (QED) is 0.775. The minimum absolute atomic E-state index is 0.432. The second-order valence-electron chi connectivity index (χ2n) is 6.25. The van der Waals surface area contributed by atoms with Crippen LogP contribution in [0.15, 0.2) is 30.0 Å². The van der Waals surface area contributed by atoms with Crippen LogP contribution in [-0.2, 0) is 9.31 Å². The lowest BCUT2D eigenvalue weighted by atomic mass is 9.83. The zero-order valence-corrected chi connectivity index (χ0v) is 13.0. The highest BCUT2D eigenvalue weighted by molar-refractivity contribution is 6.55. The van der Waals surface area contributed by atoms with Crippen LogP contribution >= 0.6 is 0 Å². The Labute approximate surface area is 125 Å². The summed E-state index contributed by atoms with van der Waals surface area (Å²) in [7, 11) is -0.995. The third-order valence-electron chi connectivity index (χ3n) is 4.27. The molecule has 1 aliphatic rings. The van der Waals surface area contributed by atoms with Crippen molar-refractivity contribution in [1.82, 2.24) is 0 Å². The average molecular weight is 287 g/mol. The first kappa shape index (κ1) is 15.7. The average Bonchev–Trinajstić information content (AvgIpc) is 2.66. The van der Waals surface area contributed by atoms with Crippen LogP contribution in [-0.4, -0.2) is 18.3 Å². The normalized spacial score (nSPS) is 20.9. The van der Waals surface area contributed by atoms with Crippen molar-refractivity contribution < 1.29 is 13.7 Å². The van der Waals surface area contributed by atoms with Gasteiger partial charge in [-0.1, -0.05) is 12.1 Å². The molecule has 0 bridgehead atoms. The van der Waals surface area contributed by atoms with E-state index in [0.717, 1.165) is 0 Å². The van der Waals surface area contributed by atoms with Gasteiger partial charge in [-0.15, -0.1) is 0 Å². The van der Waals surface area contributed by atoms with Gasteiger partial charge in [0.15, 0.2) is 0 Å². The van der Waals surface area contributed by atoms with Gasteiger partial charge in [0.25, 0.3) is 0 Å². The number of hydrogen-bond donors (Lipinski definition) is 0. The Kier molecular flexibility index (Phi) is 3.96.